The van der Waals surface area contributed by atoms with Crippen LogP contribution in [-0.2, 0) is 19.1 Å². The second kappa shape index (κ2) is 10.7. The van der Waals surface area contributed by atoms with E-state index in [-0.39, 0.29) is 30.8 Å². The number of benzene rings is 2. The van der Waals surface area contributed by atoms with Crippen molar-refractivity contribution in [1.82, 2.24) is 10.6 Å². The van der Waals surface area contributed by atoms with Crippen LogP contribution in [0, 0.1) is 5.92 Å². The molecule has 34 heavy (non-hydrogen) atoms. The summed E-state index contributed by atoms with van der Waals surface area (Å²) < 4.78 is 10.7. The van der Waals surface area contributed by atoms with E-state index in [4.69, 9.17) is 14.6 Å². The molecule has 1 unspecified atom stereocenters. The van der Waals surface area contributed by atoms with Gasteiger partial charge >= 0.3 is 12.1 Å². The molecule has 2 aliphatic rings. The fraction of sp³-hybridized carbons (Fsp3) is 0.423. The Kier molecular flexibility index (Phi) is 7.47. The lowest BCUT2D eigenvalue weighted by atomic mass is 9.98. The van der Waals surface area contributed by atoms with Gasteiger partial charge in [-0.2, -0.15) is 0 Å². The molecule has 8 heteroatoms. The van der Waals surface area contributed by atoms with Gasteiger partial charge in [0.25, 0.3) is 0 Å². The van der Waals surface area contributed by atoms with E-state index in [1.807, 2.05) is 31.2 Å². The van der Waals surface area contributed by atoms with Gasteiger partial charge in [0.15, 0.2) is 6.10 Å². The number of carboxylic acid groups (broad SMARTS) is 1. The van der Waals surface area contributed by atoms with E-state index in [1.54, 1.807) is 0 Å². The summed E-state index contributed by atoms with van der Waals surface area (Å²) >= 11 is 0. The molecular weight excluding hydrogens is 436 g/mol. The molecule has 2 amide bonds. The van der Waals surface area contributed by atoms with Crippen LogP contribution in [0.3, 0.4) is 0 Å². The van der Waals surface area contributed by atoms with Crippen LogP contribution < -0.4 is 10.6 Å². The lowest BCUT2D eigenvalue weighted by Gasteiger charge is -2.18. The fourth-order valence-electron chi connectivity index (χ4n) is 4.74. The molecule has 4 rings (SSSR count). The normalized spacial score (nSPS) is 19.7. The third-order valence-electron chi connectivity index (χ3n) is 6.47. The average Bonchev–Trinajstić information content (AvgIpc) is 3.40. The van der Waals surface area contributed by atoms with Gasteiger partial charge < -0.3 is 25.2 Å². The molecule has 1 aliphatic heterocycles. The zero-order valence-electron chi connectivity index (χ0n) is 19.2. The van der Waals surface area contributed by atoms with Crippen molar-refractivity contribution < 1.29 is 29.0 Å². The van der Waals surface area contributed by atoms with Gasteiger partial charge in [-0.15, -0.1) is 0 Å². The van der Waals surface area contributed by atoms with Crippen molar-refractivity contribution in [1.29, 1.82) is 0 Å². The van der Waals surface area contributed by atoms with Gasteiger partial charge in [-0.3, -0.25) is 4.79 Å². The van der Waals surface area contributed by atoms with Crippen LogP contribution >= 0.6 is 0 Å². The van der Waals surface area contributed by atoms with Gasteiger partial charge in [-0.1, -0.05) is 55.5 Å². The minimum atomic E-state index is -1.07. The Labute approximate surface area is 198 Å². The maximum absolute atomic E-state index is 12.3. The number of carboxylic acids is 1. The first-order chi connectivity index (χ1) is 16.4. The molecule has 0 saturated carbocycles. The first-order valence-electron chi connectivity index (χ1n) is 11.7. The maximum atomic E-state index is 12.3. The standard InChI is InChI=1S/C26H30N2O6/c1-16(14-23(29)28-22-11-13-33-24(22)25(30)31)10-12-27-26(32)34-15-21-19-8-4-2-6-17(19)18-7-3-5-9-20(18)21/h2-9,16,21-22,24H,10-15H2,1H3,(H,27,32)(H,28,29)(H,30,31)/t16?,22-,24+/m1/s1. The fourth-order valence-corrected chi connectivity index (χ4v) is 4.74. The molecular formula is C26H30N2O6. The van der Waals surface area contributed by atoms with E-state index in [1.165, 1.54) is 11.1 Å². The van der Waals surface area contributed by atoms with Crippen LogP contribution in [0.1, 0.15) is 43.2 Å². The van der Waals surface area contributed by atoms with Gasteiger partial charge in [-0.05, 0) is 41.0 Å². The largest absolute Gasteiger partial charge is 0.479 e. The Morgan fingerprint density at radius 3 is 2.38 bits per heavy atom. The number of rotatable bonds is 9. The van der Waals surface area contributed by atoms with Crippen molar-refractivity contribution in [3.05, 3.63) is 59.7 Å². The summed E-state index contributed by atoms with van der Waals surface area (Å²) in [5.74, 6) is -1.26. The summed E-state index contributed by atoms with van der Waals surface area (Å²) in [5, 5.41) is 14.6. The highest BCUT2D eigenvalue weighted by Crippen LogP contribution is 2.44. The highest BCUT2D eigenvalue weighted by molar-refractivity contribution is 5.80. The summed E-state index contributed by atoms with van der Waals surface area (Å²) in [7, 11) is 0. The van der Waals surface area contributed by atoms with Gasteiger partial charge in [0, 0.05) is 25.5 Å². The lowest BCUT2D eigenvalue weighted by molar-refractivity contribution is -0.148. The van der Waals surface area contributed by atoms with E-state index in [0.29, 0.717) is 26.0 Å². The Hall–Kier alpha value is -3.39. The Bertz CT molecular complexity index is 1010. The highest BCUT2D eigenvalue weighted by atomic mass is 16.5. The third kappa shape index (κ3) is 5.39. The number of ether oxygens (including phenoxy) is 2. The summed E-state index contributed by atoms with van der Waals surface area (Å²) in [5.41, 5.74) is 4.68. The minimum absolute atomic E-state index is 0.00923. The van der Waals surface area contributed by atoms with Crippen molar-refractivity contribution in [3.63, 3.8) is 0 Å². The SMILES string of the molecule is CC(CCNC(=O)OCC1c2ccccc2-c2ccccc21)CC(=O)N[C@@H]1CCO[C@@H]1C(=O)O. The van der Waals surface area contributed by atoms with Crippen LogP contribution in [0.4, 0.5) is 4.79 Å². The number of hydrogen-bond acceptors (Lipinski definition) is 5. The summed E-state index contributed by atoms with van der Waals surface area (Å²) in [6.45, 7) is 2.88. The van der Waals surface area contributed by atoms with Crippen molar-refractivity contribution in [3.8, 4) is 11.1 Å². The molecule has 2 aromatic rings. The number of hydrogen-bond donors (Lipinski definition) is 3. The van der Waals surface area contributed by atoms with E-state index < -0.39 is 24.2 Å². The van der Waals surface area contributed by atoms with Crippen molar-refractivity contribution in [2.45, 2.75) is 44.2 Å². The maximum Gasteiger partial charge on any atom is 0.407 e. The highest BCUT2D eigenvalue weighted by Gasteiger charge is 2.35. The van der Waals surface area contributed by atoms with Crippen molar-refractivity contribution in [2.75, 3.05) is 19.8 Å². The van der Waals surface area contributed by atoms with Gasteiger partial charge in [0.1, 0.15) is 6.61 Å². The number of aliphatic carboxylic acids is 1. The zero-order valence-corrected chi connectivity index (χ0v) is 19.2. The molecule has 0 radical (unpaired) electrons. The van der Waals surface area contributed by atoms with Crippen LogP contribution in [0.2, 0.25) is 0 Å². The number of nitrogens with one attached hydrogen (secondary N) is 2. The molecule has 0 spiro atoms. The Morgan fingerprint density at radius 1 is 1.09 bits per heavy atom. The first kappa shape index (κ1) is 23.8. The molecule has 8 nitrogen and oxygen atoms in total. The molecule has 0 aromatic heterocycles. The topological polar surface area (TPSA) is 114 Å². The van der Waals surface area contributed by atoms with E-state index >= 15 is 0 Å². The Balaban J connectivity index is 1.19. The number of carbonyl (C=O) groups is 3. The molecule has 0 bridgehead atoms. The second-order valence-electron chi connectivity index (χ2n) is 8.94. The van der Waals surface area contributed by atoms with Crippen LogP contribution in [0.25, 0.3) is 11.1 Å². The molecule has 1 aliphatic carbocycles. The van der Waals surface area contributed by atoms with E-state index in [2.05, 4.69) is 34.9 Å². The molecule has 1 saturated heterocycles. The molecule has 180 valence electrons. The predicted octanol–water partition coefficient (Wildman–Crippen LogP) is 3.30. The van der Waals surface area contributed by atoms with Gasteiger partial charge in [-0.25, -0.2) is 9.59 Å². The van der Waals surface area contributed by atoms with E-state index in [9.17, 15) is 14.4 Å². The summed E-state index contributed by atoms with van der Waals surface area (Å²) in [4.78, 5) is 35.7. The van der Waals surface area contributed by atoms with Crippen molar-refractivity contribution >= 4 is 18.0 Å². The molecule has 1 heterocycles. The van der Waals surface area contributed by atoms with E-state index in [0.717, 1.165) is 11.1 Å². The second-order valence-corrected chi connectivity index (χ2v) is 8.94. The third-order valence-corrected chi connectivity index (χ3v) is 6.47. The van der Waals surface area contributed by atoms with Crippen LogP contribution in [0.15, 0.2) is 48.5 Å². The summed E-state index contributed by atoms with van der Waals surface area (Å²) in [6.07, 6.45) is -0.142. The quantitative estimate of drug-likeness (QED) is 0.523. The van der Waals surface area contributed by atoms with Gasteiger partial charge in [0.2, 0.25) is 5.91 Å². The molecule has 3 N–H and O–H groups in total. The minimum Gasteiger partial charge on any atom is -0.479 e. The van der Waals surface area contributed by atoms with Crippen LogP contribution in [0.5, 0.6) is 0 Å². The summed E-state index contributed by atoms with van der Waals surface area (Å²) in [6, 6.07) is 15.8. The number of carbonyl (C=O) groups excluding carboxylic acids is 2. The number of fused-ring (bicyclic) bond motifs is 3. The smallest absolute Gasteiger partial charge is 0.407 e. The first-order valence-corrected chi connectivity index (χ1v) is 11.7. The lowest BCUT2D eigenvalue weighted by Crippen LogP contribution is -2.44. The molecule has 3 atom stereocenters. The molecule has 2 aromatic carbocycles. The Morgan fingerprint density at radius 2 is 1.74 bits per heavy atom. The van der Waals surface area contributed by atoms with Crippen LogP contribution in [-0.4, -0.2) is 55.0 Å². The average molecular weight is 467 g/mol. The zero-order chi connectivity index (χ0) is 24.1. The predicted molar refractivity (Wildman–Crippen MR) is 125 cm³/mol. The van der Waals surface area contributed by atoms with Gasteiger partial charge in [0.05, 0.1) is 6.04 Å². The van der Waals surface area contributed by atoms with Crippen molar-refractivity contribution in [2.24, 2.45) is 5.92 Å². The monoisotopic (exact) mass is 466 g/mol. The number of amides is 2. The molecule has 1 fully saturated rings. The number of alkyl carbamates (subject to hydrolysis) is 1.